The maximum Gasteiger partial charge on any atom is 0.191 e. The minimum atomic E-state index is -0.594. The Morgan fingerprint density at radius 1 is 1.55 bits per heavy atom. The number of furan rings is 1. The number of thioether (sulfide) groups is 1. The molecule has 1 atom stereocenters. The Kier molecular flexibility index (Phi) is 7.75. The van der Waals surface area contributed by atoms with Crippen LogP contribution in [-0.4, -0.2) is 48.3 Å². The second kappa shape index (κ2) is 8.78. The maximum absolute atomic E-state index is 10.2. The first-order chi connectivity index (χ1) is 9.22. The molecule has 5 nitrogen and oxygen atoms in total. The van der Waals surface area contributed by atoms with Gasteiger partial charge in [-0.05, 0) is 24.3 Å². The van der Waals surface area contributed by atoms with Gasteiger partial charge in [-0.3, -0.25) is 4.99 Å². The maximum atomic E-state index is 10.2. The van der Waals surface area contributed by atoms with Crippen molar-refractivity contribution in [1.29, 1.82) is 0 Å². The molecular weight excluding hydrogens is 389 g/mol. The van der Waals surface area contributed by atoms with Crippen molar-refractivity contribution in [2.75, 3.05) is 31.6 Å². The van der Waals surface area contributed by atoms with Gasteiger partial charge >= 0.3 is 0 Å². The van der Waals surface area contributed by atoms with E-state index in [4.69, 9.17) is 4.42 Å². The van der Waals surface area contributed by atoms with E-state index in [1.54, 1.807) is 25.1 Å². The van der Waals surface area contributed by atoms with Gasteiger partial charge in [-0.2, -0.15) is 11.8 Å². The first-order valence-electron chi connectivity index (χ1n) is 6.49. The SMILES string of the molecule is CN=C(NCCc1ccco1)NCC1(O)CCSC1.I. The van der Waals surface area contributed by atoms with Crippen LogP contribution in [0.5, 0.6) is 0 Å². The summed E-state index contributed by atoms with van der Waals surface area (Å²) >= 11 is 1.79. The van der Waals surface area contributed by atoms with Gasteiger partial charge in [0.15, 0.2) is 5.96 Å². The molecule has 0 radical (unpaired) electrons. The molecule has 1 fully saturated rings. The standard InChI is InChI=1S/C13H21N3O2S.HI/c1-14-12(15-6-4-11-3-2-7-18-11)16-9-13(17)5-8-19-10-13;/h2-3,7,17H,4-6,8-10H2,1H3,(H2,14,15,16);1H. The van der Waals surface area contributed by atoms with Gasteiger partial charge < -0.3 is 20.2 Å². The molecular formula is C13H22IN3O2S. The molecule has 1 aromatic heterocycles. The van der Waals surface area contributed by atoms with Gasteiger partial charge in [0.2, 0.25) is 0 Å². The number of aliphatic hydroxyl groups is 1. The van der Waals surface area contributed by atoms with Gasteiger partial charge in [0.1, 0.15) is 5.76 Å². The predicted molar refractivity (Wildman–Crippen MR) is 94.1 cm³/mol. The molecule has 0 amide bonds. The van der Waals surface area contributed by atoms with Gasteiger partial charge in [0, 0.05) is 32.3 Å². The van der Waals surface area contributed by atoms with Crippen molar-refractivity contribution >= 4 is 41.7 Å². The molecule has 1 aromatic rings. The van der Waals surface area contributed by atoms with Gasteiger partial charge in [-0.25, -0.2) is 0 Å². The van der Waals surface area contributed by atoms with E-state index in [-0.39, 0.29) is 24.0 Å². The van der Waals surface area contributed by atoms with Crippen molar-refractivity contribution in [3.63, 3.8) is 0 Å². The van der Waals surface area contributed by atoms with E-state index in [2.05, 4.69) is 15.6 Å². The van der Waals surface area contributed by atoms with Crippen molar-refractivity contribution < 1.29 is 9.52 Å². The van der Waals surface area contributed by atoms with E-state index in [1.165, 1.54) is 0 Å². The van der Waals surface area contributed by atoms with Crippen LogP contribution in [0.3, 0.4) is 0 Å². The van der Waals surface area contributed by atoms with E-state index >= 15 is 0 Å². The molecule has 0 saturated carbocycles. The highest BCUT2D eigenvalue weighted by Crippen LogP contribution is 2.26. The number of nitrogens with zero attached hydrogens (tertiary/aromatic N) is 1. The summed E-state index contributed by atoms with van der Waals surface area (Å²) in [5.41, 5.74) is -0.594. The van der Waals surface area contributed by atoms with Crippen LogP contribution in [0.1, 0.15) is 12.2 Å². The van der Waals surface area contributed by atoms with Crippen LogP contribution in [0.15, 0.2) is 27.8 Å². The quantitative estimate of drug-likeness (QED) is 0.389. The molecule has 20 heavy (non-hydrogen) atoms. The first kappa shape index (κ1) is 17.6. The predicted octanol–water partition coefficient (Wildman–Crippen LogP) is 1.47. The second-order valence-electron chi connectivity index (χ2n) is 4.71. The molecule has 1 saturated heterocycles. The van der Waals surface area contributed by atoms with Crippen LogP contribution in [0.2, 0.25) is 0 Å². The summed E-state index contributed by atoms with van der Waals surface area (Å²) in [5, 5.41) is 16.6. The minimum absolute atomic E-state index is 0. The smallest absolute Gasteiger partial charge is 0.191 e. The fourth-order valence-corrected chi connectivity index (χ4v) is 3.26. The topological polar surface area (TPSA) is 69.8 Å². The molecule has 1 aliphatic rings. The third-order valence-electron chi connectivity index (χ3n) is 3.13. The summed E-state index contributed by atoms with van der Waals surface area (Å²) in [4.78, 5) is 4.14. The zero-order chi connectivity index (χ0) is 13.6. The van der Waals surface area contributed by atoms with Crippen LogP contribution in [0, 0.1) is 0 Å². The Morgan fingerprint density at radius 3 is 3.00 bits per heavy atom. The number of hydrogen-bond acceptors (Lipinski definition) is 4. The third-order valence-corrected chi connectivity index (χ3v) is 4.37. The summed E-state index contributed by atoms with van der Waals surface area (Å²) < 4.78 is 5.26. The summed E-state index contributed by atoms with van der Waals surface area (Å²) in [7, 11) is 1.73. The second-order valence-corrected chi connectivity index (χ2v) is 5.81. The molecule has 1 unspecified atom stereocenters. The van der Waals surface area contributed by atoms with Crippen LogP contribution < -0.4 is 10.6 Å². The van der Waals surface area contributed by atoms with Crippen molar-refractivity contribution in [3.8, 4) is 0 Å². The minimum Gasteiger partial charge on any atom is -0.469 e. The summed E-state index contributed by atoms with van der Waals surface area (Å²) in [6.45, 7) is 1.29. The Bertz CT molecular complexity index is 406. The summed E-state index contributed by atoms with van der Waals surface area (Å²) in [6.07, 6.45) is 3.33. The molecule has 2 heterocycles. The van der Waals surface area contributed by atoms with E-state index in [9.17, 15) is 5.11 Å². The number of hydrogen-bond donors (Lipinski definition) is 3. The molecule has 0 aromatic carbocycles. The molecule has 7 heteroatoms. The molecule has 0 spiro atoms. The average Bonchev–Trinajstić information content (AvgIpc) is 3.06. The highest BCUT2D eigenvalue weighted by atomic mass is 127. The zero-order valence-corrected chi connectivity index (χ0v) is 14.7. The van der Waals surface area contributed by atoms with Crippen LogP contribution >= 0.6 is 35.7 Å². The first-order valence-corrected chi connectivity index (χ1v) is 7.64. The van der Waals surface area contributed by atoms with Crippen molar-refractivity contribution in [1.82, 2.24) is 10.6 Å². The average molecular weight is 411 g/mol. The number of aliphatic imine (C=N–C) groups is 1. The van der Waals surface area contributed by atoms with Crippen LogP contribution in [0.4, 0.5) is 0 Å². The molecule has 2 rings (SSSR count). The molecule has 1 aliphatic heterocycles. The van der Waals surface area contributed by atoms with Crippen molar-refractivity contribution in [3.05, 3.63) is 24.2 Å². The Labute approximate surface area is 141 Å². The third kappa shape index (κ3) is 5.53. The highest BCUT2D eigenvalue weighted by Gasteiger charge is 2.31. The number of halogens is 1. The largest absolute Gasteiger partial charge is 0.469 e. The van der Waals surface area contributed by atoms with Gasteiger partial charge in [0.25, 0.3) is 0 Å². The Morgan fingerprint density at radius 2 is 2.40 bits per heavy atom. The summed E-state index contributed by atoms with van der Waals surface area (Å²) in [5.74, 6) is 3.50. The fraction of sp³-hybridized carbons (Fsp3) is 0.615. The summed E-state index contributed by atoms with van der Waals surface area (Å²) in [6, 6.07) is 3.84. The van der Waals surface area contributed by atoms with E-state index < -0.39 is 5.60 Å². The fourth-order valence-electron chi connectivity index (χ4n) is 1.96. The van der Waals surface area contributed by atoms with Crippen molar-refractivity contribution in [2.45, 2.75) is 18.4 Å². The number of rotatable bonds is 5. The highest BCUT2D eigenvalue weighted by molar-refractivity contribution is 14.0. The lowest BCUT2D eigenvalue weighted by molar-refractivity contribution is 0.0724. The lowest BCUT2D eigenvalue weighted by Crippen LogP contribution is -2.47. The number of guanidine groups is 1. The Balaban J connectivity index is 0.00000200. The lowest BCUT2D eigenvalue weighted by Gasteiger charge is -2.23. The molecule has 0 aliphatic carbocycles. The van der Waals surface area contributed by atoms with E-state index in [0.29, 0.717) is 6.54 Å². The van der Waals surface area contributed by atoms with Gasteiger partial charge in [-0.15, -0.1) is 24.0 Å². The Hall–Kier alpha value is -0.410. The van der Waals surface area contributed by atoms with Gasteiger partial charge in [0.05, 0.1) is 11.9 Å². The lowest BCUT2D eigenvalue weighted by atomic mass is 10.0. The normalized spacial score (nSPS) is 22.4. The molecule has 114 valence electrons. The van der Waals surface area contributed by atoms with Crippen LogP contribution in [0.25, 0.3) is 0 Å². The van der Waals surface area contributed by atoms with E-state index in [1.807, 2.05) is 12.1 Å². The zero-order valence-electron chi connectivity index (χ0n) is 11.6. The van der Waals surface area contributed by atoms with Gasteiger partial charge in [-0.1, -0.05) is 0 Å². The number of nitrogens with one attached hydrogen (secondary N) is 2. The van der Waals surface area contributed by atoms with E-state index in [0.717, 1.165) is 42.6 Å². The van der Waals surface area contributed by atoms with Crippen LogP contribution in [-0.2, 0) is 6.42 Å². The van der Waals surface area contributed by atoms with Crippen molar-refractivity contribution in [2.24, 2.45) is 4.99 Å². The molecule has 3 N–H and O–H groups in total. The monoisotopic (exact) mass is 411 g/mol. The molecule has 0 bridgehead atoms.